The molecule has 3 aliphatic heterocycles. The Hall–Kier alpha value is -1.88. The third-order valence-corrected chi connectivity index (χ3v) is 6.52. The third kappa shape index (κ3) is 4.18. The number of nitrogens with zero attached hydrogens (tertiary/aromatic N) is 2. The highest BCUT2D eigenvalue weighted by atomic mass is 16.2. The number of carbonyl (C=O) groups is 2. The summed E-state index contributed by atoms with van der Waals surface area (Å²) >= 11 is 0. The first kappa shape index (κ1) is 18.5. The molecule has 2 fully saturated rings. The zero-order valence-corrected chi connectivity index (χ0v) is 16.2. The second kappa shape index (κ2) is 8.42. The number of hydrogen-bond donors (Lipinski definition) is 1. The molecule has 0 saturated carbocycles. The van der Waals surface area contributed by atoms with Gasteiger partial charge in [-0.1, -0.05) is 24.6 Å². The monoisotopic (exact) mass is 369 g/mol. The molecule has 0 aliphatic carbocycles. The normalized spacial score (nSPS) is 25.2. The molecule has 5 heteroatoms. The SMILES string of the molecule is O=C(CCCN1Cc2ccccc2C1=O)NC[C@H]1CCCN2CCCC[C@@H]12. The molecule has 3 heterocycles. The van der Waals surface area contributed by atoms with E-state index < -0.39 is 0 Å². The van der Waals surface area contributed by atoms with Crippen molar-refractivity contribution in [1.29, 1.82) is 0 Å². The van der Waals surface area contributed by atoms with Gasteiger partial charge in [0.1, 0.15) is 0 Å². The molecule has 2 atom stereocenters. The van der Waals surface area contributed by atoms with Gasteiger partial charge in [-0.2, -0.15) is 0 Å². The van der Waals surface area contributed by atoms with Crippen LogP contribution in [0.3, 0.4) is 0 Å². The highest BCUT2D eigenvalue weighted by Gasteiger charge is 2.33. The summed E-state index contributed by atoms with van der Waals surface area (Å²) in [5.74, 6) is 0.843. The van der Waals surface area contributed by atoms with E-state index in [0.717, 1.165) is 24.1 Å². The lowest BCUT2D eigenvalue weighted by Crippen LogP contribution is -2.51. The fourth-order valence-electron chi connectivity index (χ4n) is 5.07. The number of nitrogens with one attached hydrogen (secondary N) is 1. The zero-order valence-electron chi connectivity index (χ0n) is 16.2. The maximum absolute atomic E-state index is 12.4. The molecule has 1 N–H and O–H groups in total. The van der Waals surface area contributed by atoms with Crippen LogP contribution in [-0.2, 0) is 11.3 Å². The van der Waals surface area contributed by atoms with Crippen molar-refractivity contribution in [3.05, 3.63) is 35.4 Å². The van der Waals surface area contributed by atoms with Crippen LogP contribution in [0, 0.1) is 5.92 Å². The first-order chi connectivity index (χ1) is 13.2. The summed E-state index contributed by atoms with van der Waals surface area (Å²) in [6, 6.07) is 8.46. The molecule has 0 unspecified atom stereocenters. The van der Waals surface area contributed by atoms with E-state index in [0.29, 0.717) is 31.5 Å². The number of piperidine rings is 2. The molecule has 1 aromatic carbocycles. The van der Waals surface area contributed by atoms with Crippen molar-refractivity contribution < 1.29 is 9.59 Å². The fraction of sp³-hybridized carbons (Fsp3) is 0.636. The molecule has 3 aliphatic rings. The molecule has 5 nitrogen and oxygen atoms in total. The number of rotatable bonds is 6. The lowest BCUT2D eigenvalue weighted by molar-refractivity contribution is -0.121. The topological polar surface area (TPSA) is 52.7 Å². The highest BCUT2D eigenvalue weighted by Crippen LogP contribution is 2.30. The van der Waals surface area contributed by atoms with Crippen molar-refractivity contribution in [2.75, 3.05) is 26.2 Å². The molecule has 0 bridgehead atoms. The van der Waals surface area contributed by atoms with Gasteiger partial charge in [-0.25, -0.2) is 0 Å². The van der Waals surface area contributed by atoms with Gasteiger partial charge in [-0.15, -0.1) is 0 Å². The van der Waals surface area contributed by atoms with Crippen LogP contribution in [0.15, 0.2) is 24.3 Å². The molecule has 1 aromatic rings. The number of benzene rings is 1. The van der Waals surface area contributed by atoms with Gasteiger partial charge in [-0.05, 0) is 62.7 Å². The third-order valence-electron chi connectivity index (χ3n) is 6.52. The predicted molar refractivity (Wildman–Crippen MR) is 105 cm³/mol. The van der Waals surface area contributed by atoms with Gasteiger partial charge >= 0.3 is 0 Å². The maximum Gasteiger partial charge on any atom is 0.254 e. The number of hydrogen-bond acceptors (Lipinski definition) is 3. The van der Waals surface area contributed by atoms with Crippen LogP contribution in [0.2, 0.25) is 0 Å². The maximum atomic E-state index is 12.4. The van der Waals surface area contributed by atoms with Crippen LogP contribution < -0.4 is 5.32 Å². The predicted octanol–water partition coefficient (Wildman–Crippen LogP) is 2.80. The molecule has 146 valence electrons. The summed E-state index contributed by atoms with van der Waals surface area (Å²) < 4.78 is 0. The first-order valence-corrected chi connectivity index (χ1v) is 10.6. The first-order valence-electron chi connectivity index (χ1n) is 10.6. The quantitative estimate of drug-likeness (QED) is 0.839. The van der Waals surface area contributed by atoms with Crippen LogP contribution in [0.25, 0.3) is 0 Å². The van der Waals surface area contributed by atoms with Crippen molar-refractivity contribution in [3.8, 4) is 0 Å². The molecular weight excluding hydrogens is 338 g/mol. The van der Waals surface area contributed by atoms with Gasteiger partial charge in [0.2, 0.25) is 5.91 Å². The van der Waals surface area contributed by atoms with E-state index in [1.54, 1.807) is 0 Å². The van der Waals surface area contributed by atoms with E-state index in [1.807, 2.05) is 29.2 Å². The van der Waals surface area contributed by atoms with Gasteiger partial charge in [0.15, 0.2) is 0 Å². The minimum atomic E-state index is 0.102. The Morgan fingerprint density at radius 1 is 1.11 bits per heavy atom. The Bertz CT molecular complexity index is 688. The van der Waals surface area contributed by atoms with E-state index >= 15 is 0 Å². The molecule has 2 saturated heterocycles. The summed E-state index contributed by atoms with van der Waals surface area (Å²) in [4.78, 5) is 29.1. The smallest absolute Gasteiger partial charge is 0.254 e. The summed E-state index contributed by atoms with van der Waals surface area (Å²) in [7, 11) is 0. The van der Waals surface area contributed by atoms with Crippen LogP contribution in [-0.4, -0.2) is 53.8 Å². The van der Waals surface area contributed by atoms with Crippen molar-refractivity contribution in [3.63, 3.8) is 0 Å². The standard InChI is InChI=1S/C22H31N3O2/c26-21(23-15-17-8-5-13-24-12-4-3-10-20(17)24)11-6-14-25-16-18-7-1-2-9-19(18)22(25)27/h1-2,7,9,17,20H,3-6,8,10-16H2,(H,23,26)/t17-,20+/m1/s1. The van der Waals surface area contributed by atoms with Crippen LogP contribution in [0.4, 0.5) is 0 Å². The second-order valence-electron chi connectivity index (χ2n) is 8.29. The van der Waals surface area contributed by atoms with Crippen molar-refractivity contribution >= 4 is 11.8 Å². The fourth-order valence-corrected chi connectivity index (χ4v) is 5.07. The minimum Gasteiger partial charge on any atom is -0.356 e. The summed E-state index contributed by atoms with van der Waals surface area (Å²) in [6.07, 6.45) is 7.67. The van der Waals surface area contributed by atoms with Crippen molar-refractivity contribution in [2.24, 2.45) is 5.92 Å². The second-order valence-corrected chi connectivity index (χ2v) is 8.29. The van der Waals surface area contributed by atoms with Gasteiger partial charge in [0.05, 0.1) is 0 Å². The Morgan fingerprint density at radius 3 is 2.85 bits per heavy atom. The molecule has 0 aromatic heterocycles. The summed E-state index contributed by atoms with van der Waals surface area (Å²) in [5.41, 5.74) is 1.91. The van der Waals surface area contributed by atoms with Crippen molar-refractivity contribution in [1.82, 2.24) is 15.1 Å². The molecule has 2 amide bonds. The highest BCUT2D eigenvalue weighted by molar-refractivity contribution is 5.98. The minimum absolute atomic E-state index is 0.102. The van der Waals surface area contributed by atoms with Crippen LogP contribution in [0.1, 0.15) is 60.9 Å². The molecule has 0 spiro atoms. The van der Waals surface area contributed by atoms with E-state index in [-0.39, 0.29) is 11.8 Å². The van der Waals surface area contributed by atoms with Crippen LogP contribution in [0.5, 0.6) is 0 Å². The Morgan fingerprint density at radius 2 is 1.96 bits per heavy atom. The average molecular weight is 370 g/mol. The van der Waals surface area contributed by atoms with Gasteiger partial charge in [0.25, 0.3) is 5.91 Å². The summed E-state index contributed by atoms with van der Waals surface area (Å²) in [5, 5.41) is 3.17. The van der Waals surface area contributed by atoms with E-state index in [1.165, 1.54) is 45.2 Å². The Labute approximate surface area is 162 Å². The van der Waals surface area contributed by atoms with E-state index in [9.17, 15) is 9.59 Å². The number of fused-ring (bicyclic) bond motifs is 2. The van der Waals surface area contributed by atoms with E-state index in [4.69, 9.17) is 0 Å². The van der Waals surface area contributed by atoms with Gasteiger partial charge in [-0.3, -0.25) is 9.59 Å². The van der Waals surface area contributed by atoms with Gasteiger partial charge in [0, 0.05) is 37.7 Å². The molecular formula is C22H31N3O2. The van der Waals surface area contributed by atoms with Crippen molar-refractivity contribution in [2.45, 2.75) is 57.5 Å². The van der Waals surface area contributed by atoms with Gasteiger partial charge < -0.3 is 15.1 Å². The largest absolute Gasteiger partial charge is 0.356 e. The van der Waals surface area contributed by atoms with E-state index in [2.05, 4.69) is 10.2 Å². The number of amides is 2. The Balaban J connectivity index is 1.18. The number of carbonyl (C=O) groups excluding carboxylic acids is 2. The average Bonchev–Trinajstić information content (AvgIpc) is 3.02. The molecule has 27 heavy (non-hydrogen) atoms. The molecule has 0 radical (unpaired) electrons. The zero-order chi connectivity index (χ0) is 18.6. The molecule has 4 rings (SSSR count). The lowest BCUT2D eigenvalue weighted by atomic mass is 9.83. The Kier molecular flexibility index (Phi) is 5.77. The lowest BCUT2D eigenvalue weighted by Gasteiger charge is -2.44. The van der Waals surface area contributed by atoms with Crippen LogP contribution >= 0.6 is 0 Å². The summed E-state index contributed by atoms with van der Waals surface area (Å²) in [6.45, 7) is 4.62.